The molecule has 0 unspecified atom stereocenters. The average molecular weight is 135 g/mol. The van der Waals surface area contributed by atoms with Gasteiger partial charge in [-0.3, -0.25) is 0 Å². The molecule has 2 rings (SSSR count). The quantitative estimate of drug-likeness (QED) is 0.538. The van der Waals surface area contributed by atoms with E-state index >= 15 is 0 Å². The molecule has 2 aromatic heterocycles. The Hall–Kier alpha value is -1.65. The number of rotatable bonds is 0. The second-order valence-electron chi connectivity index (χ2n) is 1.89. The van der Waals surface area contributed by atoms with Crippen LogP contribution in [0, 0.1) is 0 Å². The molecule has 10 heavy (non-hydrogen) atoms. The molecule has 2 heterocycles. The van der Waals surface area contributed by atoms with E-state index in [-0.39, 0.29) is 0 Å². The topological polar surface area (TPSA) is 69.1 Å². The smallest absolute Gasteiger partial charge is 0.177 e. The molecule has 0 atom stereocenters. The van der Waals surface area contributed by atoms with E-state index in [9.17, 15) is 0 Å². The summed E-state index contributed by atoms with van der Waals surface area (Å²) < 4.78 is 1.52. The summed E-state index contributed by atoms with van der Waals surface area (Å²) in [5, 5.41) is 11.3. The zero-order valence-corrected chi connectivity index (χ0v) is 5.10. The van der Waals surface area contributed by atoms with Gasteiger partial charge in [-0.15, -0.1) is 15.3 Å². The Kier molecular flexibility index (Phi) is 0.858. The highest BCUT2D eigenvalue weighted by Crippen LogP contribution is 1.98. The van der Waals surface area contributed by atoms with Gasteiger partial charge in [0.2, 0.25) is 0 Å². The minimum atomic E-state index is 0.465. The van der Waals surface area contributed by atoms with Crippen molar-refractivity contribution in [2.75, 3.05) is 5.73 Å². The highest BCUT2D eigenvalue weighted by atomic mass is 15.3. The molecule has 0 spiro atoms. The van der Waals surface area contributed by atoms with Crippen LogP contribution >= 0.6 is 0 Å². The van der Waals surface area contributed by atoms with Crippen LogP contribution in [-0.4, -0.2) is 19.8 Å². The van der Waals surface area contributed by atoms with E-state index in [1.54, 1.807) is 12.1 Å². The second-order valence-corrected chi connectivity index (χ2v) is 1.89. The molecule has 0 bridgehead atoms. The molecule has 2 aromatic rings. The Labute approximate surface area is 56.5 Å². The van der Waals surface area contributed by atoms with Crippen LogP contribution in [0.1, 0.15) is 0 Å². The Morgan fingerprint density at radius 3 is 3.20 bits per heavy atom. The van der Waals surface area contributed by atoms with Crippen molar-refractivity contribution in [2.45, 2.75) is 0 Å². The predicted molar refractivity (Wildman–Crippen MR) is 35.2 cm³/mol. The lowest BCUT2D eigenvalue weighted by atomic mass is 10.5. The van der Waals surface area contributed by atoms with Gasteiger partial charge in [-0.05, 0) is 12.1 Å². The van der Waals surface area contributed by atoms with Crippen molar-refractivity contribution < 1.29 is 0 Å². The van der Waals surface area contributed by atoms with E-state index in [0.29, 0.717) is 11.5 Å². The number of aromatic nitrogens is 4. The maximum atomic E-state index is 5.40. The summed E-state index contributed by atoms with van der Waals surface area (Å²) in [6, 6.07) is 3.44. The van der Waals surface area contributed by atoms with Gasteiger partial charge in [0.25, 0.3) is 0 Å². The molecule has 0 aliphatic carbocycles. The lowest BCUT2D eigenvalue weighted by Gasteiger charge is -1.90. The number of nitrogens with two attached hydrogens (primary N) is 1. The van der Waals surface area contributed by atoms with E-state index in [2.05, 4.69) is 15.3 Å². The first-order chi connectivity index (χ1) is 4.86. The Morgan fingerprint density at radius 1 is 1.40 bits per heavy atom. The largest absolute Gasteiger partial charge is 0.382 e. The number of anilines is 1. The fourth-order valence-corrected chi connectivity index (χ4v) is 0.743. The molecule has 50 valence electrons. The van der Waals surface area contributed by atoms with Crippen LogP contribution in [0.3, 0.4) is 0 Å². The van der Waals surface area contributed by atoms with Gasteiger partial charge in [0.05, 0.1) is 0 Å². The molecule has 0 fully saturated rings. The first kappa shape index (κ1) is 5.16. The molecule has 0 amide bonds. The molecule has 2 N–H and O–H groups in total. The Balaban J connectivity index is 2.86. The monoisotopic (exact) mass is 135 g/mol. The van der Waals surface area contributed by atoms with Crippen molar-refractivity contribution in [2.24, 2.45) is 0 Å². The third-order valence-electron chi connectivity index (χ3n) is 1.18. The van der Waals surface area contributed by atoms with Gasteiger partial charge in [-0.2, -0.15) is 4.52 Å². The number of fused-ring (bicyclic) bond motifs is 1. The molecule has 0 radical (unpaired) electrons. The van der Waals surface area contributed by atoms with Crippen molar-refractivity contribution in [1.82, 2.24) is 19.8 Å². The van der Waals surface area contributed by atoms with Crippen LogP contribution in [0.2, 0.25) is 0 Å². The van der Waals surface area contributed by atoms with Crippen LogP contribution < -0.4 is 5.73 Å². The van der Waals surface area contributed by atoms with E-state index in [4.69, 9.17) is 5.73 Å². The summed E-state index contributed by atoms with van der Waals surface area (Å²) in [6.45, 7) is 0. The van der Waals surface area contributed by atoms with Gasteiger partial charge in [-0.1, -0.05) is 0 Å². The Bertz CT molecular complexity index is 352. The van der Waals surface area contributed by atoms with Gasteiger partial charge in [0, 0.05) is 0 Å². The lowest BCUT2D eigenvalue weighted by molar-refractivity contribution is 0.935. The normalized spacial score (nSPS) is 10.4. The van der Waals surface area contributed by atoms with Crippen LogP contribution in [-0.2, 0) is 0 Å². The highest BCUT2D eigenvalue weighted by molar-refractivity contribution is 5.39. The van der Waals surface area contributed by atoms with Crippen molar-refractivity contribution in [1.29, 1.82) is 0 Å². The summed E-state index contributed by atoms with van der Waals surface area (Å²) in [5.74, 6) is 0.465. The van der Waals surface area contributed by atoms with Crippen LogP contribution in [0.15, 0.2) is 18.5 Å². The predicted octanol–water partition coefficient (Wildman–Crippen LogP) is -0.294. The molecular formula is C5H5N5. The van der Waals surface area contributed by atoms with Gasteiger partial charge >= 0.3 is 0 Å². The van der Waals surface area contributed by atoms with E-state index in [0.717, 1.165) is 0 Å². The average Bonchev–Trinajstić information content (AvgIpc) is 2.33. The number of nitrogens with zero attached hydrogens (tertiary/aromatic N) is 4. The highest BCUT2D eigenvalue weighted by Gasteiger charge is 1.93. The zero-order valence-electron chi connectivity index (χ0n) is 5.10. The first-order valence-corrected chi connectivity index (χ1v) is 2.79. The third-order valence-corrected chi connectivity index (χ3v) is 1.18. The Morgan fingerprint density at radius 2 is 2.30 bits per heavy atom. The van der Waals surface area contributed by atoms with Gasteiger partial charge in [-0.25, -0.2) is 0 Å². The van der Waals surface area contributed by atoms with Crippen molar-refractivity contribution >= 4 is 11.5 Å². The molecular weight excluding hydrogens is 130 g/mol. The second kappa shape index (κ2) is 1.66. The minimum Gasteiger partial charge on any atom is -0.382 e. The first-order valence-electron chi connectivity index (χ1n) is 2.79. The van der Waals surface area contributed by atoms with Crippen LogP contribution in [0.4, 0.5) is 5.82 Å². The van der Waals surface area contributed by atoms with Gasteiger partial charge in [0.15, 0.2) is 5.65 Å². The zero-order chi connectivity index (χ0) is 6.97. The fourth-order valence-electron chi connectivity index (χ4n) is 0.743. The van der Waals surface area contributed by atoms with E-state index < -0.39 is 0 Å². The van der Waals surface area contributed by atoms with E-state index in [1.807, 2.05) is 0 Å². The molecule has 0 aliphatic rings. The van der Waals surface area contributed by atoms with Gasteiger partial charge in [0.1, 0.15) is 12.1 Å². The maximum Gasteiger partial charge on any atom is 0.177 e. The molecule has 0 saturated heterocycles. The SMILES string of the molecule is Nc1ccc2nncn2n1. The van der Waals surface area contributed by atoms with Gasteiger partial charge < -0.3 is 5.73 Å². The molecule has 0 aliphatic heterocycles. The van der Waals surface area contributed by atoms with Crippen LogP contribution in [0.25, 0.3) is 5.65 Å². The van der Waals surface area contributed by atoms with Crippen molar-refractivity contribution in [3.63, 3.8) is 0 Å². The molecule has 0 saturated carbocycles. The number of hydrogen-bond donors (Lipinski definition) is 1. The van der Waals surface area contributed by atoms with E-state index in [1.165, 1.54) is 10.8 Å². The third kappa shape index (κ3) is 0.604. The van der Waals surface area contributed by atoms with Crippen molar-refractivity contribution in [3.8, 4) is 0 Å². The fraction of sp³-hybridized carbons (Fsp3) is 0. The summed E-state index contributed by atoms with van der Waals surface area (Å²) in [6.07, 6.45) is 1.51. The lowest BCUT2D eigenvalue weighted by Crippen LogP contribution is -1.95. The number of hydrogen-bond acceptors (Lipinski definition) is 4. The molecule has 5 heteroatoms. The maximum absolute atomic E-state index is 5.40. The summed E-state index contributed by atoms with van der Waals surface area (Å²) in [4.78, 5) is 0. The molecule has 0 aromatic carbocycles. The summed E-state index contributed by atoms with van der Waals surface area (Å²) in [5.41, 5.74) is 6.10. The van der Waals surface area contributed by atoms with Crippen LogP contribution in [0.5, 0.6) is 0 Å². The molecule has 5 nitrogen and oxygen atoms in total. The minimum absolute atomic E-state index is 0.465. The summed E-state index contributed by atoms with van der Waals surface area (Å²) >= 11 is 0. The standard InChI is InChI=1S/C5H5N5/c6-4-1-2-5-8-7-3-10(5)9-4/h1-3H,(H2,6,9). The van der Waals surface area contributed by atoms with Crippen molar-refractivity contribution in [3.05, 3.63) is 18.5 Å². The summed E-state index contributed by atoms with van der Waals surface area (Å²) in [7, 11) is 0. The number of nitrogen functional groups attached to an aromatic ring is 1.